The van der Waals surface area contributed by atoms with Crippen molar-refractivity contribution in [1.29, 1.82) is 0 Å². The minimum atomic E-state index is -0.0536. The molecule has 2 aromatic carbocycles. The second-order valence-electron chi connectivity index (χ2n) is 6.14. The fourth-order valence-electron chi connectivity index (χ4n) is 3.39. The van der Waals surface area contributed by atoms with Crippen molar-refractivity contribution >= 4 is 29.1 Å². The van der Waals surface area contributed by atoms with Crippen LogP contribution in [0.5, 0.6) is 5.75 Å². The van der Waals surface area contributed by atoms with E-state index in [9.17, 15) is 4.79 Å². The molecule has 0 spiro atoms. The molecule has 3 aromatic rings. The third kappa shape index (κ3) is 2.78. The van der Waals surface area contributed by atoms with Gasteiger partial charge in [0, 0.05) is 22.4 Å². The number of rotatable bonds is 4. The Labute approximate surface area is 150 Å². The predicted octanol–water partition coefficient (Wildman–Crippen LogP) is 4.81. The molecule has 0 fully saturated rings. The van der Waals surface area contributed by atoms with Gasteiger partial charge in [0.1, 0.15) is 17.1 Å². The first-order valence-electron chi connectivity index (χ1n) is 8.24. The van der Waals surface area contributed by atoms with Crippen LogP contribution in [0.2, 0.25) is 0 Å². The van der Waals surface area contributed by atoms with Crippen molar-refractivity contribution in [1.82, 2.24) is 4.90 Å². The second kappa shape index (κ2) is 6.48. The van der Waals surface area contributed by atoms with Crippen molar-refractivity contribution in [3.8, 4) is 5.75 Å². The zero-order chi connectivity index (χ0) is 17.4. The summed E-state index contributed by atoms with van der Waals surface area (Å²) in [6.45, 7) is 2.67. The molecular weight excluding hydrogens is 334 g/mol. The van der Waals surface area contributed by atoms with E-state index < -0.39 is 0 Å². The van der Waals surface area contributed by atoms with Crippen molar-refractivity contribution in [3.05, 3.63) is 59.9 Å². The maximum Gasteiger partial charge on any atom is 0.210 e. The SMILES string of the molecule is COc1cccc(SC2CN(C=O)C(C)c3oc4ccccc4c32)c1. The zero-order valence-electron chi connectivity index (χ0n) is 14.1. The number of nitrogens with zero attached hydrogens (tertiary/aromatic N) is 1. The Hall–Kier alpha value is -2.40. The number of carbonyl (C=O) groups excluding carboxylic acids is 1. The summed E-state index contributed by atoms with van der Waals surface area (Å²) in [7, 11) is 1.67. The molecule has 1 aliphatic heterocycles. The van der Waals surface area contributed by atoms with Gasteiger partial charge in [-0.05, 0) is 31.2 Å². The summed E-state index contributed by atoms with van der Waals surface area (Å²) in [5, 5.41) is 1.25. The van der Waals surface area contributed by atoms with Crippen molar-refractivity contribution in [2.75, 3.05) is 13.7 Å². The first-order valence-corrected chi connectivity index (χ1v) is 9.12. The number of hydrogen-bond acceptors (Lipinski definition) is 4. The lowest BCUT2D eigenvalue weighted by Gasteiger charge is -2.34. The van der Waals surface area contributed by atoms with Crippen LogP contribution in [0.1, 0.15) is 29.5 Å². The van der Waals surface area contributed by atoms with Gasteiger partial charge in [-0.25, -0.2) is 0 Å². The van der Waals surface area contributed by atoms with Gasteiger partial charge in [0.2, 0.25) is 6.41 Å². The average molecular weight is 353 g/mol. The number of carbonyl (C=O) groups is 1. The van der Waals surface area contributed by atoms with Crippen LogP contribution >= 0.6 is 11.8 Å². The summed E-state index contributed by atoms with van der Waals surface area (Å²) in [4.78, 5) is 14.5. The standard InChI is InChI=1S/C20H19NO3S/c1-13-20-19(16-8-3-4-9-17(16)24-20)18(11-21(13)12-22)25-15-7-5-6-14(10-15)23-2/h3-10,12-13,18H,11H2,1-2H3. The maximum atomic E-state index is 11.5. The zero-order valence-corrected chi connectivity index (χ0v) is 15.0. The van der Waals surface area contributed by atoms with Gasteiger partial charge in [-0.2, -0.15) is 0 Å². The van der Waals surface area contributed by atoms with Crippen LogP contribution in [0, 0.1) is 0 Å². The quantitative estimate of drug-likeness (QED) is 0.632. The van der Waals surface area contributed by atoms with Gasteiger partial charge in [0.05, 0.1) is 18.4 Å². The Balaban J connectivity index is 1.79. The second-order valence-corrected chi connectivity index (χ2v) is 7.42. The van der Waals surface area contributed by atoms with Crippen LogP contribution in [0.15, 0.2) is 57.8 Å². The third-order valence-corrected chi connectivity index (χ3v) is 5.89. The van der Waals surface area contributed by atoms with Gasteiger partial charge in [-0.15, -0.1) is 11.8 Å². The molecule has 1 amide bonds. The van der Waals surface area contributed by atoms with Gasteiger partial charge in [-0.3, -0.25) is 4.79 Å². The normalized spacial score (nSPS) is 19.7. The molecule has 1 aliphatic rings. The fraction of sp³-hybridized carbons (Fsp3) is 0.250. The van der Waals surface area contributed by atoms with E-state index in [1.54, 1.807) is 18.9 Å². The Morgan fingerprint density at radius 3 is 2.88 bits per heavy atom. The minimum Gasteiger partial charge on any atom is -0.497 e. The summed E-state index contributed by atoms with van der Waals surface area (Å²) in [5.74, 6) is 1.72. The molecule has 4 rings (SSSR count). The largest absolute Gasteiger partial charge is 0.497 e. The number of ether oxygens (including phenoxy) is 1. The Morgan fingerprint density at radius 1 is 1.24 bits per heavy atom. The van der Waals surface area contributed by atoms with E-state index in [0.29, 0.717) is 6.54 Å². The monoisotopic (exact) mass is 353 g/mol. The molecule has 0 N–H and O–H groups in total. The number of methoxy groups -OCH3 is 1. The maximum absolute atomic E-state index is 11.5. The third-order valence-electron chi connectivity index (χ3n) is 4.69. The van der Waals surface area contributed by atoms with E-state index in [4.69, 9.17) is 9.15 Å². The number of fused-ring (bicyclic) bond motifs is 3. The van der Waals surface area contributed by atoms with Gasteiger partial charge in [-0.1, -0.05) is 24.3 Å². The first kappa shape index (κ1) is 16.1. The molecule has 0 saturated carbocycles. The van der Waals surface area contributed by atoms with E-state index in [1.165, 1.54) is 5.56 Å². The van der Waals surface area contributed by atoms with Crippen LogP contribution in [-0.2, 0) is 4.79 Å². The van der Waals surface area contributed by atoms with E-state index in [2.05, 4.69) is 12.1 Å². The molecule has 2 unspecified atom stereocenters. The van der Waals surface area contributed by atoms with Crippen LogP contribution < -0.4 is 4.74 Å². The van der Waals surface area contributed by atoms with Crippen LogP contribution in [0.3, 0.4) is 0 Å². The Kier molecular flexibility index (Phi) is 4.17. The average Bonchev–Trinajstić information content (AvgIpc) is 3.04. The molecule has 2 atom stereocenters. The number of hydrogen-bond donors (Lipinski definition) is 0. The van der Waals surface area contributed by atoms with Crippen molar-refractivity contribution < 1.29 is 13.9 Å². The highest BCUT2D eigenvalue weighted by Crippen LogP contribution is 2.48. The van der Waals surface area contributed by atoms with E-state index in [1.807, 2.05) is 48.2 Å². The molecule has 0 bridgehead atoms. The topological polar surface area (TPSA) is 42.7 Å². The predicted molar refractivity (Wildman–Crippen MR) is 99.0 cm³/mol. The summed E-state index contributed by atoms with van der Waals surface area (Å²) in [6, 6.07) is 16.0. The first-order chi connectivity index (χ1) is 12.2. The minimum absolute atomic E-state index is 0.0536. The van der Waals surface area contributed by atoms with Gasteiger partial charge in [0.15, 0.2) is 0 Å². The molecule has 4 nitrogen and oxygen atoms in total. The molecular formula is C20H19NO3S. The molecule has 25 heavy (non-hydrogen) atoms. The van der Waals surface area contributed by atoms with Crippen LogP contribution in [0.4, 0.5) is 0 Å². The van der Waals surface area contributed by atoms with Gasteiger partial charge in [0.25, 0.3) is 0 Å². The molecule has 2 heterocycles. The lowest BCUT2D eigenvalue weighted by molar-refractivity contribution is -0.120. The summed E-state index contributed by atoms with van der Waals surface area (Å²) in [6.07, 6.45) is 0.917. The van der Waals surface area contributed by atoms with Crippen LogP contribution in [-0.4, -0.2) is 25.0 Å². The molecule has 0 aliphatic carbocycles. The van der Waals surface area contributed by atoms with Crippen molar-refractivity contribution in [3.63, 3.8) is 0 Å². The van der Waals surface area contributed by atoms with Gasteiger partial charge >= 0.3 is 0 Å². The number of furan rings is 1. The molecule has 1 aromatic heterocycles. The molecule has 0 radical (unpaired) electrons. The summed E-state index contributed by atoms with van der Waals surface area (Å²) in [5.41, 5.74) is 2.08. The van der Waals surface area contributed by atoms with Crippen molar-refractivity contribution in [2.45, 2.75) is 23.1 Å². The van der Waals surface area contributed by atoms with Gasteiger partial charge < -0.3 is 14.1 Å². The highest BCUT2D eigenvalue weighted by atomic mass is 32.2. The molecule has 5 heteroatoms. The number of para-hydroxylation sites is 1. The smallest absolute Gasteiger partial charge is 0.210 e. The Bertz CT molecular complexity index is 920. The molecule has 0 saturated heterocycles. The Morgan fingerprint density at radius 2 is 2.08 bits per heavy atom. The highest BCUT2D eigenvalue weighted by molar-refractivity contribution is 7.99. The lowest BCUT2D eigenvalue weighted by Crippen LogP contribution is -2.34. The van der Waals surface area contributed by atoms with Crippen molar-refractivity contribution in [2.24, 2.45) is 0 Å². The van der Waals surface area contributed by atoms with E-state index in [-0.39, 0.29) is 11.3 Å². The lowest BCUT2D eigenvalue weighted by atomic mass is 9.99. The highest BCUT2D eigenvalue weighted by Gasteiger charge is 2.35. The number of benzene rings is 2. The number of amides is 1. The van der Waals surface area contributed by atoms with E-state index >= 15 is 0 Å². The van der Waals surface area contributed by atoms with Crippen LogP contribution in [0.25, 0.3) is 11.0 Å². The number of thioether (sulfide) groups is 1. The molecule has 128 valence electrons. The van der Waals surface area contributed by atoms with E-state index in [0.717, 1.165) is 33.8 Å². The fourth-order valence-corrected chi connectivity index (χ4v) is 4.67. The summed E-state index contributed by atoms with van der Waals surface area (Å²) >= 11 is 1.74. The summed E-state index contributed by atoms with van der Waals surface area (Å²) < 4.78 is 11.4.